The number of hydrogen-bond acceptors (Lipinski definition) is 2. The first-order chi connectivity index (χ1) is 9.20. The van der Waals surface area contributed by atoms with Crippen molar-refractivity contribution < 1.29 is 14.3 Å². The van der Waals surface area contributed by atoms with Gasteiger partial charge in [-0.2, -0.15) is 5.10 Å². The summed E-state index contributed by atoms with van der Waals surface area (Å²) >= 11 is 3.09. The van der Waals surface area contributed by atoms with Crippen molar-refractivity contribution in [3.8, 4) is 11.3 Å². The Kier molecular flexibility index (Phi) is 3.69. The van der Waals surface area contributed by atoms with E-state index in [0.717, 1.165) is 0 Å². The molecule has 0 unspecified atom stereocenters. The number of carboxylic acid groups (broad SMARTS) is 1. The summed E-state index contributed by atoms with van der Waals surface area (Å²) in [7, 11) is 0. The van der Waals surface area contributed by atoms with Crippen molar-refractivity contribution in [2.75, 3.05) is 0 Å². The van der Waals surface area contributed by atoms with Crippen LogP contribution in [-0.4, -0.2) is 20.9 Å². The summed E-state index contributed by atoms with van der Waals surface area (Å²) in [5.41, 5.74) is 0.643. The van der Waals surface area contributed by atoms with Crippen LogP contribution in [0.3, 0.4) is 0 Å². The molecule has 0 spiro atoms. The lowest BCUT2D eigenvalue weighted by atomic mass is 10.1. The molecule has 0 fully saturated rings. The fraction of sp³-hybridized carbons (Fsp3) is 0.286. The van der Waals surface area contributed by atoms with Crippen molar-refractivity contribution >= 4 is 21.9 Å². The predicted octanol–water partition coefficient (Wildman–Crippen LogP) is 3.90. The Bertz CT molecular complexity index is 674. The van der Waals surface area contributed by atoms with Crippen LogP contribution < -0.4 is 0 Å². The second-order valence-corrected chi connectivity index (χ2v) is 6.30. The van der Waals surface area contributed by atoms with Crippen LogP contribution in [0, 0.1) is 5.82 Å². The largest absolute Gasteiger partial charge is 0.478 e. The van der Waals surface area contributed by atoms with E-state index < -0.39 is 11.8 Å². The molecule has 0 bridgehead atoms. The second kappa shape index (κ2) is 5.01. The summed E-state index contributed by atoms with van der Waals surface area (Å²) in [6, 6.07) is 4.32. The molecule has 20 heavy (non-hydrogen) atoms. The molecular weight excluding hydrogens is 327 g/mol. The van der Waals surface area contributed by atoms with E-state index in [9.17, 15) is 14.3 Å². The number of carbonyl (C=O) groups is 1. The molecule has 0 amide bonds. The molecular formula is C14H14BrFN2O2. The highest BCUT2D eigenvalue weighted by Gasteiger charge is 2.22. The van der Waals surface area contributed by atoms with Gasteiger partial charge >= 0.3 is 5.97 Å². The number of benzene rings is 1. The highest BCUT2D eigenvalue weighted by molar-refractivity contribution is 9.10. The van der Waals surface area contributed by atoms with E-state index in [-0.39, 0.29) is 15.6 Å². The van der Waals surface area contributed by atoms with Crippen molar-refractivity contribution in [1.82, 2.24) is 9.78 Å². The Morgan fingerprint density at radius 2 is 2.05 bits per heavy atom. The molecule has 0 saturated heterocycles. The van der Waals surface area contributed by atoms with E-state index in [1.165, 1.54) is 24.4 Å². The number of nitrogens with zero attached hydrogens (tertiary/aromatic N) is 2. The van der Waals surface area contributed by atoms with E-state index >= 15 is 0 Å². The third kappa shape index (κ3) is 2.75. The van der Waals surface area contributed by atoms with E-state index in [2.05, 4.69) is 21.0 Å². The summed E-state index contributed by atoms with van der Waals surface area (Å²) in [6.45, 7) is 5.78. The molecule has 0 radical (unpaired) electrons. The van der Waals surface area contributed by atoms with E-state index in [0.29, 0.717) is 11.3 Å². The topological polar surface area (TPSA) is 55.1 Å². The molecule has 4 nitrogen and oxygen atoms in total. The predicted molar refractivity (Wildman–Crippen MR) is 77.3 cm³/mol. The molecule has 0 atom stereocenters. The number of aromatic carboxylic acids is 1. The first-order valence-corrected chi connectivity index (χ1v) is 6.78. The van der Waals surface area contributed by atoms with E-state index in [1.807, 2.05) is 20.8 Å². The molecule has 0 aliphatic rings. The minimum Gasteiger partial charge on any atom is -0.478 e. The number of aromatic nitrogens is 2. The second-order valence-electron chi connectivity index (χ2n) is 5.44. The monoisotopic (exact) mass is 340 g/mol. The first kappa shape index (κ1) is 14.7. The Hall–Kier alpha value is -1.69. The SMILES string of the molecule is CC(C)(C)n1cc(C(=O)O)c(-c2ccc(F)c(Br)c2)n1. The molecule has 1 aromatic heterocycles. The smallest absolute Gasteiger partial charge is 0.339 e. The summed E-state index contributed by atoms with van der Waals surface area (Å²) in [5.74, 6) is -1.46. The highest BCUT2D eigenvalue weighted by Crippen LogP contribution is 2.28. The average molecular weight is 341 g/mol. The summed E-state index contributed by atoms with van der Waals surface area (Å²) < 4.78 is 15.2. The summed E-state index contributed by atoms with van der Waals surface area (Å²) in [6.07, 6.45) is 1.49. The van der Waals surface area contributed by atoms with Crippen LogP contribution in [0.4, 0.5) is 4.39 Å². The standard InChI is InChI=1S/C14H14BrFN2O2/c1-14(2,3)18-7-9(13(19)20)12(17-18)8-4-5-11(16)10(15)6-8/h4-7H,1-3H3,(H,19,20). The zero-order chi connectivity index (χ0) is 15.1. The van der Waals surface area contributed by atoms with Gasteiger partial charge in [0.05, 0.1) is 10.0 Å². The van der Waals surface area contributed by atoms with Crippen LogP contribution in [0.1, 0.15) is 31.1 Å². The minimum absolute atomic E-state index is 0.0958. The zero-order valence-electron chi connectivity index (χ0n) is 11.3. The van der Waals surface area contributed by atoms with Gasteiger partial charge in [0.2, 0.25) is 0 Å². The zero-order valence-corrected chi connectivity index (χ0v) is 12.9. The molecule has 2 aromatic rings. The van der Waals surface area contributed by atoms with Gasteiger partial charge in [0, 0.05) is 11.8 Å². The van der Waals surface area contributed by atoms with Crippen molar-refractivity contribution in [2.45, 2.75) is 26.3 Å². The third-order valence-electron chi connectivity index (χ3n) is 2.82. The van der Waals surface area contributed by atoms with Crippen LogP contribution in [0.25, 0.3) is 11.3 Å². The fourth-order valence-electron chi connectivity index (χ4n) is 1.73. The van der Waals surface area contributed by atoms with Gasteiger partial charge < -0.3 is 5.11 Å². The van der Waals surface area contributed by atoms with Gasteiger partial charge in [0.15, 0.2) is 0 Å². The van der Waals surface area contributed by atoms with Crippen LogP contribution in [0.2, 0.25) is 0 Å². The molecule has 1 N–H and O–H groups in total. The van der Waals surface area contributed by atoms with Gasteiger partial charge in [-0.1, -0.05) is 0 Å². The van der Waals surface area contributed by atoms with Crippen LogP contribution in [0.15, 0.2) is 28.9 Å². The molecule has 1 heterocycles. The summed E-state index contributed by atoms with van der Waals surface area (Å²) in [5, 5.41) is 13.6. The lowest BCUT2D eigenvalue weighted by Crippen LogP contribution is -2.22. The average Bonchev–Trinajstić information content (AvgIpc) is 2.77. The lowest BCUT2D eigenvalue weighted by Gasteiger charge is -2.18. The summed E-state index contributed by atoms with van der Waals surface area (Å²) in [4.78, 5) is 11.3. The van der Waals surface area contributed by atoms with Crippen LogP contribution in [0.5, 0.6) is 0 Å². The molecule has 0 aliphatic carbocycles. The highest BCUT2D eigenvalue weighted by atomic mass is 79.9. The first-order valence-electron chi connectivity index (χ1n) is 5.99. The van der Waals surface area contributed by atoms with Gasteiger partial charge in [-0.05, 0) is 54.9 Å². The molecule has 0 aliphatic heterocycles. The number of hydrogen-bond donors (Lipinski definition) is 1. The van der Waals surface area contributed by atoms with Gasteiger partial charge in [-0.25, -0.2) is 9.18 Å². The normalized spacial score (nSPS) is 11.7. The Morgan fingerprint density at radius 1 is 1.40 bits per heavy atom. The Morgan fingerprint density at radius 3 is 2.55 bits per heavy atom. The van der Waals surface area contributed by atoms with Crippen molar-refractivity contribution in [1.29, 1.82) is 0 Å². The Balaban J connectivity index is 2.63. The lowest BCUT2D eigenvalue weighted by molar-refractivity contribution is 0.0697. The van der Waals surface area contributed by atoms with Crippen molar-refractivity contribution in [3.05, 3.63) is 40.2 Å². The van der Waals surface area contributed by atoms with E-state index in [1.54, 1.807) is 4.68 Å². The molecule has 0 saturated carbocycles. The quantitative estimate of drug-likeness (QED) is 0.901. The van der Waals surface area contributed by atoms with Gasteiger partial charge in [0.1, 0.15) is 17.1 Å². The van der Waals surface area contributed by atoms with Gasteiger partial charge in [0.25, 0.3) is 0 Å². The van der Waals surface area contributed by atoms with Crippen molar-refractivity contribution in [2.24, 2.45) is 0 Å². The maximum absolute atomic E-state index is 13.3. The van der Waals surface area contributed by atoms with Gasteiger partial charge in [-0.3, -0.25) is 4.68 Å². The number of carboxylic acids is 1. The van der Waals surface area contributed by atoms with Crippen molar-refractivity contribution in [3.63, 3.8) is 0 Å². The third-order valence-corrected chi connectivity index (χ3v) is 3.43. The maximum atomic E-state index is 13.3. The maximum Gasteiger partial charge on any atom is 0.339 e. The number of halogens is 2. The molecule has 106 valence electrons. The minimum atomic E-state index is -1.06. The van der Waals surface area contributed by atoms with Crippen LogP contribution in [-0.2, 0) is 5.54 Å². The van der Waals surface area contributed by atoms with E-state index in [4.69, 9.17) is 0 Å². The van der Waals surface area contributed by atoms with Gasteiger partial charge in [-0.15, -0.1) is 0 Å². The number of rotatable bonds is 2. The molecule has 6 heteroatoms. The fourth-order valence-corrected chi connectivity index (χ4v) is 2.11. The Labute approximate surface area is 124 Å². The molecule has 1 aromatic carbocycles. The molecule has 2 rings (SSSR count). The van der Waals surface area contributed by atoms with Crippen LogP contribution >= 0.6 is 15.9 Å².